The maximum atomic E-state index is 13.0. The quantitative estimate of drug-likeness (QED) is 0.721. The van der Waals surface area contributed by atoms with Crippen molar-refractivity contribution in [3.8, 4) is 0 Å². The molecule has 0 bridgehead atoms. The van der Waals surface area contributed by atoms with Crippen LogP contribution in [-0.4, -0.2) is 18.5 Å². The molecule has 0 heterocycles. The Bertz CT molecular complexity index is 438. The van der Waals surface area contributed by atoms with Crippen molar-refractivity contribution in [3.63, 3.8) is 0 Å². The van der Waals surface area contributed by atoms with Gasteiger partial charge in [0.2, 0.25) is 5.91 Å². The maximum absolute atomic E-state index is 13.0. The van der Waals surface area contributed by atoms with E-state index in [1.54, 1.807) is 6.92 Å². The number of hydrogen-bond donors (Lipinski definition) is 2. The molecule has 1 aromatic carbocycles. The highest BCUT2D eigenvalue weighted by molar-refractivity contribution is 5.81. The Morgan fingerprint density at radius 1 is 1.25 bits per heavy atom. The van der Waals surface area contributed by atoms with Crippen molar-refractivity contribution in [1.82, 2.24) is 10.6 Å². The standard InChI is InChI=1S/C15H22F2N2O/c1-3-4-5-8-18-15(20)11(2)19-10-12-6-7-13(16)14(17)9-12/h6-7,9,11,19H,3-5,8,10H2,1-2H3,(H,18,20). The summed E-state index contributed by atoms with van der Waals surface area (Å²) in [5, 5.41) is 5.82. The zero-order chi connectivity index (χ0) is 15.0. The van der Waals surface area contributed by atoms with Gasteiger partial charge in [-0.3, -0.25) is 4.79 Å². The molecule has 0 aliphatic heterocycles. The molecule has 2 N–H and O–H groups in total. The zero-order valence-corrected chi connectivity index (χ0v) is 12.0. The second kappa shape index (κ2) is 8.64. The number of carbonyl (C=O) groups excluding carboxylic acids is 1. The SMILES string of the molecule is CCCCCNC(=O)C(C)NCc1ccc(F)c(F)c1. The second-order valence-electron chi connectivity index (χ2n) is 4.85. The molecule has 5 heteroatoms. The first-order valence-electron chi connectivity index (χ1n) is 6.99. The Kier molecular flexibility index (Phi) is 7.15. The molecule has 0 spiro atoms. The number of rotatable bonds is 8. The van der Waals surface area contributed by atoms with Gasteiger partial charge >= 0.3 is 0 Å². The van der Waals surface area contributed by atoms with Crippen LogP contribution >= 0.6 is 0 Å². The van der Waals surface area contributed by atoms with Crippen LogP contribution in [0.15, 0.2) is 18.2 Å². The van der Waals surface area contributed by atoms with Crippen molar-refractivity contribution >= 4 is 5.91 Å². The summed E-state index contributed by atoms with van der Waals surface area (Å²) in [6, 6.07) is 3.34. The summed E-state index contributed by atoms with van der Waals surface area (Å²) >= 11 is 0. The largest absolute Gasteiger partial charge is 0.355 e. The van der Waals surface area contributed by atoms with Gasteiger partial charge in [0.05, 0.1) is 6.04 Å². The molecule has 1 rings (SSSR count). The third kappa shape index (κ3) is 5.65. The van der Waals surface area contributed by atoms with Gasteiger partial charge in [0.15, 0.2) is 11.6 Å². The van der Waals surface area contributed by atoms with Crippen molar-refractivity contribution in [2.75, 3.05) is 6.54 Å². The highest BCUT2D eigenvalue weighted by Gasteiger charge is 2.11. The van der Waals surface area contributed by atoms with Gasteiger partial charge in [-0.05, 0) is 31.0 Å². The minimum absolute atomic E-state index is 0.0799. The summed E-state index contributed by atoms with van der Waals surface area (Å²) in [7, 11) is 0. The summed E-state index contributed by atoms with van der Waals surface area (Å²) in [6.07, 6.45) is 3.18. The first kappa shape index (κ1) is 16.6. The van der Waals surface area contributed by atoms with E-state index in [9.17, 15) is 13.6 Å². The van der Waals surface area contributed by atoms with Gasteiger partial charge in [0, 0.05) is 13.1 Å². The van der Waals surface area contributed by atoms with Crippen LogP contribution in [0.2, 0.25) is 0 Å². The smallest absolute Gasteiger partial charge is 0.236 e. The minimum atomic E-state index is -0.874. The third-order valence-corrected chi connectivity index (χ3v) is 3.07. The molecule has 0 aromatic heterocycles. The Hall–Kier alpha value is -1.49. The zero-order valence-electron chi connectivity index (χ0n) is 12.0. The van der Waals surface area contributed by atoms with E-state index < -0.39 is 11.6 Å². The van der Waals surface area contributed by atoms with Crippen LogP contribution in [0.5, 0.6) is 0 Å². The molecule has 0 saturated carbocycles. The highest BCUT2D eigenvalue weighted by atomic mass is 19.2. The van der Waals surface area contributed by atoms with Gasteiger partial charge in [-0.1, -0.05) is 25.8 Å². The number of carbonyl (C=O) groups is 1. The Morgan fingerprint density at radius 2 is 2.00 bits per heavy atom. The van der Waals surface area contributed by atoms with Crippen LogP contribution in [0.25, 0.3) is 0 Å². The number of amides is 1. The van der Waals surface area contributed by atoms with Gasteiger partial charge < -0.3 is 10.6 Å². The molecule has 112 valence electrons. The predicted molar refractivity (Wildman–Crippen MR) is 75.2 cm³/mol. The van der Waals surface area contributed by atoms with Crippen LogP contribution in [0.4, 0.5) is 8.78 Å². The lowest BCUT2D eigenvalue weighted by molar-refractivity contribution is -0.122. The first-order valence-corrected chi connectivity index (χ1v) is 6.99. The second-order valence-corrected chi connectivity index (χ2v) is 4.85. The van der Waals surface area contributed by atoms with E-state index >= 15 is 0 Å². The molecule has 1 unspecified atom stereocenters. The molecule has 0 aliphatic rings. The summed E-state index contributed by atoms with van der Waals surface area (Å²) in [5.74, 6) is -1.82. The van der Waals surface area contributed by atoms with Crippen molar-refractivity contribution in [2.24, 2.45) is 0 Å². The van der Waals surface area contributed by atoms with Gasteiger partial charge in [-0.15, -0.1) is 0 Å². The number of hydrogen-bond acceptors (Lipinski definition) is 2. The van der Waals surface area contributed by atoms with E-state index in [1.165, 1.54) is 6.07 Å². The molecule has 0 radical (unpaired) electrons. The predicted octanol–water partition coefficient (Wildman–Crippen LogP) is 2.75. The number of nitrogens with one attached hydrogen (secondary N) is 2. The van der Waals surface area contributed by atoms with Crippen LogP contribution in [0.1, 0.15) is 38.7 Å². The molecule has 1 aromatic rings. The summed E-state index contributed by atoms with van der Waals surface area (Å²) < 4.78 is 25.8. The monoisotopic (exact) mass is 284 g/mol. The van der Waals surface area contributed by atoms with E-state index in [-0.39, 0.29) is 11.9 Å². The lowest BCUT2D eigenvalue weighted by Gasteiger charge is -2.14. The molecular weight excluding hydrogens is 262 g/mol. The van der Waals surface area contributed by atoms with Gasteiger partial charge in [-0.2, -0.15) is 0 Å². The van der Waals surface area contributed by atoms with E-state index in [0.717, 1.165) is 31.4 Å². The van der Waals surface area contributed by atoms with E-state index in [4.69, 9.17) is 0 Å². The number of benzene rings is 1. The van der Waals surface area contributed by atoms with Crippen LogP contribution < -0.4 is 10.6 Å². The lowest BCUT2D eigenvalue weighted by atomic mass is 10.2. The van der Waals surface area contributed by atoms with E-state index in [1.807, 2.05) is 0 Å². The number of halogens is 2. The molecule has 3 nitrogen and oxygen atoms in total. The minimum Gasteiger partial charge on any atom is -0.355 e. The van der Waals surface area contributed by atoms with Crippen LogP contribution in [-0.2, 0) is 11.3 Å². The average molecular weight is 284 g/mol. The fraction of sp³-hybridized carbons (Fsp3) is 0.533. The molecule has 1 amide bonds. The normalized spacial score (nSPS) is 12.2. The first-order chi connectivity index (χ1) is 9.54. The van der Waals surface area contributed by atoms with Crippen molar-refractivity contribution in [2.45, 2.75) is 45.7 Å². The molecule has 1 atom stereocenters. The van der Waals surface area contributed by atoms with Crippen LogP contribution in [0.3, 0.4) is 0 Å². The topological polar surface area (TPSA) is 41.1 Å². The van der Waals surface area contributed by atoms with E-state index in [2.05, 4.69) is 17.6 Å². The van der Waals surface area contributed by atoms with Crippen molar-refractivity contribution < 1.29 is 13.6 Å². The van der Waals surface area contributed by atoms with Crippen molar-refractivity contribution in [3.05, 3.63) is 35.4 Å². The van der Waals surface area contributed by atoms with Gasteiger partial charge in [0.25, 0.3) is 0 Å². The molecule has 0 saturated heterocycles. The van der Waals surface area contributed by atoms with E-state index in [0.29, 0.717) is 18.7 Å². The van der Waals surface area contributed by atoms with Crippen LogP contribution in [0, 0.1) is 11.6 Å². The molecule has 20 heavy (non-hydrogen) atoms. The Morgan fingerprint density at radius 3 is 2.65 bits per heavy atom. The summed E-state index contributed by atoms with van der Waals surface area (Å²) in [5.41, 5.74) is 0.606. The molecule has 0 fully saturated rings. The molecular formula is C15H22F2N2O. The average Bonchev–Trinajstić information content (AvgIpc) is 2.44. The fourth-order valence-corrected chi connectivity index (χ4v) is 1.75. The number of unbranched alkanes of at least 4 members (excludes halogenated alkanes) is 2. The Labute approximate surface area is 118 Å². The summed E-state index contributed by atoms with van der Waals surface area (Å²) in [4.78, 5) is 11.7. The Balaban J connectivity index is 2.32. The van der Waals surface area contributed by atoms with Gasteiger partial charge in [-0.25, -0.2) is 8.78 Å². The summed E-state index contributed by atoms with van der Waals surface area (Å²) in [6.45, 7) is 4.84. The third-order valence-electron chi connectivity index (χ3n) is 3.07. The lowest BCUT2D eigenvalue weighted by Crippen LogP contribution is -2.42. The highest BCUT2D eigenvalue weighted by Crippen LogP contribution is 2.08. The molecule has 0 aliphatic carbocycles. The maximum Gasteiger partial charge on any atom is 0.236 e. The van der Waals surface area contributed by atoms with Gasteiger partial charge in [0.1, 0.15) is 0 Å². The van der Waals surface area contributed by atoms with Crippen molar-refractivity contribution in [1.29, 1.82) is 0 Å². The fourth-order valence-electron chi connectivity index (χ4n) is 1.75.